The molecule has 1 atom stereocenters. The third kappa shape index (κ3) is 2.92. The second kappa shape index (κ2) is 5.04. The highest BCUT2D eigenvalue weighted by Gasteiger charge is 2.01. The van der Waals surface area contributed by atoms with Crippen LogP contribution < -0.4 is 0 Å². The number of hydrogen-bond acceptors (Lipinski definition) is 0. The molecule has 0 aromatic heterocycles. The van der Waals surface area contributed by atoms with Gasteiger partial charge < -0.3 is 0 Å². The van der Waals surface area contributed by atoms with Crippen LogP contribution in [0.25, 0.3) is 0 Å². The van der Waals surface area contributed by atoms with Crippen molar-refractivity contribution in [3.63, 3.8) is 0 Å². The van der Waals surface area contributed by atoms with Gasteiger partial charge in [0.2, 0.25) is 0 Å². The first-order valence-corrected chi connectivity index (χ1v) is 3.96. The zero-order chi connectivity index (χ0) is 11.3. The summed E-state index contributed by atoms with van der Waals surface area (Å²) in [4.78, 5) is 0. The minimum Gasteiger partial charge on any atom is -0.207 e. The summed E-state index contributed by atoms with van der Waals surface area (Å²) in [5.41, 5.74) is 0.00122. The van der Waals surface area contributed by atoms with Crippen molar-refractivity contribution in [3.05, 3.63) is 35.4 Å². The maximum absolute atomic E-state index is 13.2. The number of halogens is 2. The summed E-state index contributed by atoms with van der Waals surface area (Å²) in [5, 5.41) is 0. The summed E-state index contributed by atoms with van der Waals surface area (Å²) < 4.78 is 33.5. The van der Waals surface area contributed by atoms with Crippen molar-refractivity contribution < 1.29 is 10.2 Å². The molecule has 0 spiro atoms. The van der Waals surface area contributed by atoms with Crippen LogP contribution in [0.15, 0.2) is 18.2 Å². The average Bonchev–Trinajstić information content (AvgIpc) is 2.22. The van der Waals surface area contributed by atoms with E-state index in [1.54, 1.807) is 0 Å². The molecule has 0 radical (unpaired) electrons. The van der Waals surface area contributed by atoms with E-state index in [2.05, 4.69) is 17.8 Å². The van der Waals surface area contributed by atoms with Crippen LogP contribution in [0.1, 0.15) is 13.4 Å². The zero-order valence-corrected chi connectivity index (χ0v) is 7.35. The first kappa shape index (κ1) is 8.78. The molecule has 2 heteroatoms. The van der Waals surface area contributed by atoms with Crippen LogP contribution in [-0.4, -0.2) is 0 Å². The summed E-state index contributed by atoms with van der Waals surface area (Å²) in [6.07, 6.45) is 4.06. The van der Waals surface area contributed by atoms with E-state index in [-0.39, 0.29) is 12.0 Å². The largest absolute Gasteiger partial charge is 0.207 e. The number of rotatable bonds is 2. The van der Waals surface area contributed by atoms with Crippen LogP contribution in [0.2, 0.25) is 0 Å². The minimum absolute atomic E-state index is 0.00122. The summed E-state index contributed by atoms with van der Waals surface area (Å²) >= 11 is 0. The van der Waals surface area contributed by atoms with Crippen LogP contribution in [0.4, 0.5) is 8.78 Å². The lowest BCUT2D eigenvalue weighted by Gasteiger charge is -1.99. The van der Waals surface area contributed by atoms with Gasteiger partial charge in [-0.1, -0.05) is 5.92 Å². The molecule has 0 N–H and O–H groups in total. The van der Waals surface area contributed by atoms with Crippen molar-refractivity contribution in [2.45, 2.75) is 12.8 Å². The van der Waals surface area contributed by atoms with Crippen LogP contribution in [0.3, 0.4) is 0 Å². The van der Waals surface area contributed by atoms with Crippen molar-refractivity contribution in [1.29, 1.82) is 0 Å². The van der Waals surface area contributed by atoms with E-state index in [0.717, 1.165) is 18.2 Å². The van der Waals surface area contributed by atoms with E-state index in [1.807, 2.05) is 0 Å². The Balaban J connectivity index is 2.86. The number of benzene rings is 1. The van der Waals surface area contributed by atoms with Crippen LogP contribution in [0, 0.1) is 35.8 Å². The van der Waals surface area contributed by atoms with Crippen LogP contribution >= 0.6 is 0 Å². The first-order chi connectivity index (χ1) is 7.15. The lowest BCUT2D eigenvalue weighted by atomic mass is 10.1. The second-order valence-corrected chi connectivity index (χ2v) is 2.52. The summed E-state index contributed by atoms with van der Waals surface area (Å²) in [5.74, 6) is 5.77. The molecular formula is C12H8F2. The van der Waals surface area contributed by atoms with Crippen molar-refractivity contribution in [2.75, 3.05) is 0 Å². The van der Waals surface area contributed by atoms with E-state index < -0.39 is 18.0 Å². The molecule has 1 rings (SSSR count). The predicted octanol–water partition coefficient (Wildman–Crippen LogP) is 2.53. The number of aryl methyl sites for hydroxylation is 1. The minimum atomic E-state index is -0.915. The Kier molecular flexibility index (Phi) is 3.16. The van der Waals surface area contributed by atoms with Gasteiger partial charge in [0.15, 0.2) is 0 Å². The fraction of sp³-hybridized carbons (Fsp3) is 0.167. The molecule has 1 unspecified atom stereocenters. The smallest absolute Gasteiger partial charge is 0.126 e. The summed E-state index contributed by atoms with van der Waals surface area (Å²) in [7, 11) is 0. The molecule has 0 nitrogen and oxygen atoms in total. The Bertz CT molecular complexity index is 449. The molecular weight excluding hydrogens is 182 g/mol. The van der Waals surface area contributed by atoms with Crippen molar-refractivity contribution in [1.82, 2.24) is 0 Å². The maximum atomic E-state index is 13.2. The Hall–Kier alpha value is -1.80. The normalized spacial score (nSPS) is 11.9. The molecule has 1 aromatic rings. The van der Waals surface area contributed by atoms with Gasteiger partial charge >= 0.3 is 0 Å². The van der Waals surface area contributed by atoms with E-state index in [1.165, 1.54) is 0 Å². The molecule has 0 saturated heterocycles. The van der Waals surface area contributed by atoms with Crippen molar-refractivity contribution in [3.8, 4) is 24.2 Å². The highest BCUT2D eigenvalue weighted by molar-refractivity contribution is 5.24. The Labute approximate surface area is 83.4 Å². The Morgan fingerprint density at radius 1 is 1.43 bits per heavy atom. The fourth-order valence-corrected chi connectivity index (χ4v) is 0.934. The first-order valence-electron chi connectivity index (χ1n) is 4.53. The third-order valence-corrected chi connectivity index (χ3v) is 1.54. The van der Waals surface area contributed by atoms with Crippen molar-refractivity contribution in [2.24, 2.45) is 0 Å². The number of terminal acetylenes is 1. The topological polar surface area (TPSA) is 0 Å². The van der Waals surface area contributed by atoms with Gasteiger partial charge in [0, 0.05) is 7.79 Å². The highest BCUT2D eigenvalue weighted by atomic mass is 19.1. The molecule has 1 aromatic carbocycles. The molecule has 70 valence electrons. The molecule has 0 bridgehead atoms. The molecule has 0 heterocycles. The van der Waals surface area contributed by atoms with Gasteiger partial charge in [0.1, 0.15) is 11.6 Å². The van der Waals surface area contributed by atoms with E-state index in [0.29, 0.717) is 0 Å². The van der Waals surface area contributed by atoms with Crippen LogP contribution in [0.5, 0.6) is 0 Å². The average molecular weight is 191 g/mol. The fourth-order valence-electron chi connectivity index (χ4n) is 0.934. The van der Waals surface area contributed by atoms with E-state index >= 15 is 0 Å². The zero-order valence-electron chi connectivity index (χ0n) is 8.35. The van der Waals surface area contributed by atoms with Gasteiger partial charge in [-0.25, -0.2) is 8.78 Å². The van der Waals surface area contributed by atoms with Gasteiger partial charge in [-0.3, -0.25) is 0 Å². The lowest BCUT2D eigenvalue weighted by Crippen LogP contribution is -1.91. The summed E-state index contributed by atoms with van der Waals surface area (Å²) in [6, 6.07) is 3.02. The maximum Gasteiger partial charge on any atom is 0.126 e. The quantitative estimate of drug-likeness (QED) is 0.630. The monoisotopic (exact) mass is 191 g/mol. The van der Waals surface area contributed by atoms with Gasteiger partial charge in [0.05, 0.1) is 0 Å². The molecule has 0 saturated carbocycles. The number of hydrogen-bond donors (Lipinski definition) is 0. The predicted molar refractivity (Wildman–Crippen MR) is 51.3 cm³/mol. The molecule has 0 fully saturated rings. The lowest BCUT2D eigenvalue weighted by molar-refractivity contribution is 0.585. The highest BCUT2D eigenvalue weighted by Crippen LogP contribution is 2.11. The molecule has 0 aliphatic carbocycles. The van der Waals surface area contributed by atoms with Gasteiger partial charge in [0.25, 0.3) is 0 Å². The van der Waals surface area contributed by atoms with E-state index in [9.17, 15) is 8.78 Å². The molecule has 0 aliphatic heterocycles. The molecule has 0 aliphatic rings. The Morgan fingerprint density at radius 3 is 2.93 bits per heavy atom. The van der Waals surface area contributed by atoms with Crippen LogP contribution in [-0.2, 0) is 6.40 Å². The van der Waals surface area contributed by atoms with Gasteiger partial charge in [-0.15, -0.1) is 6.42 Å². The van der Waals surface area contributed by atoms with Gasteiger partial charge in [-0.05, 0) is 42.0 Å². The standard InChI is InChI=1S/C12H8F2/c1-2-3-4-5-6-10-9-11(13)7-8-12(10)14/h1,7-9H,5-6H2/i6D. The third-order valence-electron chi connectivity index (χ3n) is 1.54. The summed E-state index contributed by atoms with van der Waals surface area (Å²) in [6.45, 7) is 0. The second-order valence-electron chi connectivity index (χ2n) is 2.52. The van der Waals surface area contributed by atoms with E-state index in [4.69, 9.17) is 7.79 Å². The SMILES string of the molecule is [2H]C(CC#CC#C)c1cc(F)ccc1F. The molecule has 0 amide bonds. The Morgan fingerprint density at radius 2 is 2.21 bits per heavy atom. The van der Waals surface area contributed by atoms with Gasteiger partial charge in [-0.2, -0.15) is 0 Å². The molecule has 14 heavy (non-hydrogen) atoms. The van der Waals surface area contributed by atoms with Crippen molar-refractivity contribution >= 4 is 0 Å².